The first kappa shape index (κ1) is 12.5. The van der Waals surface area contributed by atoms with E-state index in [0.717, 1.165) is 19.4 Å². The molecule has 2 atom stereocenters. The molecule has 1 heterocycles. The molecule has 1 saturated heterocycles. The second-order valence-electron chi connectivity index (χ2n) is 4.27. The van der Waals surface area contributed by atoms with Gasteiger partial charge in [-0.25, -0.2) is 0 Å². The number of carbonyl (C=O) groups is 1. The number of piperidine rings is 1. The molecule has 1 aliphatic heterocycles. The number of carbonyl (C=O) groups excluding carboxylic acids is 1. The topological polar surface area (TPSA) is 55.6 Å². The monoisotopic (exact) mass is 214 g/mol. The Morgan fingerprint density at radius 3 is 2.93 bits per heavy atom. The van der Waals surface area contributed by atoms with Crippen LogP contribution in [-0.4, -0.2) is 43.7 Å². The number of ether oxygens (including phenoxy) is 1. The van der Waals surface area contributed by atoms with Crippen molar-refractivity contribution in [3.05, 3.63) is 0 Å². The van der Waals surface area contributed by atoms with Crippen LogP contribution < -0.4 is 5.73 Å². The van der Waals surface area contributed by atoms with Crippen LogP contribution >= 0.6 is 0 Å². The third-order valence-electron chi connectivity index (χ3n) is 3.02. The largest absolute Gasteiger partial charge is 0.384 e. The standard InChI is InChI=1S/C11H22N2O2/c1-9(8-15-2)11(14)13-6-4-3-5-10(13)7-12/h9-10H,3-8,12H2,1-2H3. The Morgan fingerprint density at radius 1 is 1.60 bits per heavy atom. The summed E-state index contributed by atoms with van der Waals surface area (Å²) in [6.45, 7) is 3.83. The molecule has 0 saturated carbocycles. The van der Waals surface area contributed by atoms with E-state index in [9.17, 15) is 4.79 Å². The van der Waals surface area contributed by atoms with Gasteiger partial charge in [0.15, 0.2) is 0 Å². The van der Waals surface area contributed by atoms with Crippen molar-refractivity contribution in [3.8, 4) is 0 Å². The Kier molecular flexibility index (Phi) is 5.05. The van der Waals surface area contributed by atoms with Crippen molar-refractivity contribution in [2.75, 3.05) is 26.8 Å². The van der Waals surface area contributed by atoms with Crippen LogP contribution in [0.25, 0.3) is 0 Å². The minimum atomic E-state index is -0.0536. The van der Waals surface area contributed by atoms with E-state index in [1.807, 2.05) is 11.8 Å². The molecule has 1 fully saturated rings. The number of likely N-dealkylation sites (tertiary alicyclic amines) is 1. The summed E-state index contributed by atoms with van der Waals surface area (Å²) in [5, 5.41) is 0. The Labute approximate surface area is 91.8 Å². The van der Waals surface area contributed by atoms with Crippen LogP contribution in [0, 0.1) is 5.92 Å². The van der Waals surface area contributed by atoms with Crippen LogP contribution in [0.1, 0.15) is 26.2 Å². The molecule has 1 rings (SSSR count). The average Bonchev–Trinajstić information content (AvgIpc) is 2.28. The van der Waals surface area contributed by atoms with Crippen molar-refractivity contribution in [1.29, 1.82) is 0 Å². The zero-order chi connectivity index (χ0) is 11.3. The van der Waals surface area contributed by atoms with Crippen LogP contribution in [0.2, 0.25) is 0 Å². The smallest absolute Gasteiger partial charge is 0.228 e. The van der Waals surface area contributed by atoms with Crippen molar-refractivity contribution in [1.82, 2.24) is 4.90 Å². The molecule has 0 aromatic heterocycles. The van der Waals surface area contributed by atoms with E-state index in [2.05, 4.69) is 0 Å². The van der Waals surface area contributed by atoms with Gasteiger partial charge in [0.05, 0.1) is 12.5 Å². The number of hydrogen-bond acceptors (Lipinski definition) is 3. The number of rotatable bonds is 4. The summed E-state index contributed by atoms with van der Waals surface area (Å²) in [5.74, 6) is 0.133. The quantitative estimate of drug-likeness (QED) is 0.746. The molecule has 4 heteroatoms. The number of methoxy groups -OCH3 is 1. The molecule has 2 N–H and O–H groups in total. The van der Waals surface area contributed by atoms with Gasteiger partial charge in [-0.2, -0.15) is 0 Å². The number of amides is 1. The van der Waals surface area contributed by atoms with E-state index in [0.29, 0.717) is 13.2 Å². The summed E-state index contributed by atoms with van der Waals surface area (Å²) in [5.41, 5.74) is 5.68. The fourth-order valence-electron chi connectivity index (χ4n) is 2.14. The molecule has 0 bridgehead atoms. The minimum absolute atomic E-state index is 0.0536. The van der Waals surface area contributed by atoms with Gasteiger partial charge in [-0.3, -0.25) is 4.79 Å². The number of nitrogens with zero attached hydrogens (tertiary/aromatic N) is 1. The lowest BCUT2D eigenvalue weighted by Crippen LogP contribution is -2.49. The van der Waals surface area contributed by atoms with Gasteiger partial charge in [0.2, 0.25) is 5.91 Å². The molecule has 0 aromatic carbocycles. The summed E-state index contributed by atoms with van der Waals surface area (Å²) in [4.78, 5) is 14.0. The van der Waals surface area contributed by atoms with Crippen LogP contribution in [0.5, 0.6) is 0 Å². The second kappa shape index (κ2) is 6.08. The molecule has 0 aliphatic carbocycles. The lowest BCUT2D eigenvalue weighted by Gasteiger charge is -2.36. The Hall–Kier alpha value is -0.610. The van der Waals surface area contributed by atoms with Gasteiger partial charge in [0, 0.05) is 26.2 Å². The van der Waals surface area contributed by atoms with E-state index >= 15 is 0 Å². The molecule has 1 amide bonds. The van der Waals surface area contributed by atoms with Crippen LogP contribution in [0.4, 0.5) is 0 Å². The zero-order valence-corrected chi connectivity index (χ0v) is 9.74. The summed E-state index contributed by atoms with van der Waals surface area (Å²) in [6, 6.07) is 0.241. The molecule has 0 spiro atoms. The maximum Gasteiger partial charge on any atom is 0.228 e. The highest BCUT2D eigenvalue weighted by Crippen LogP contribution is 2.18. The zero-order valence-electron chi connectivity index (χ0n) is 9.74. The normalized spacial score (nSPS) is 23.9. The Balaban J connectivity index is 2.55. The highest BCUT2D eigenvalue weighted by Gasteiger charge is 2.28. The minimum Gasteiger partial charge on any atom is -0.384 e. The molecular formula is C11H22N2O2. The van der Waals surface area contributed by atoms with Crippen LogP contribution in [0.15, 0.2) is 0 Å². The van der Waals surface area contributed by atoms with Crippen molar-refractivity contribution < 1.29 is 9.53 Å². The second-order valence-corrected chi connectivity index (χ2v) is 4.27. The third kappa shape index (κ3) is 3.18. The summed E-state index contributed by atoms with van der Waals surface area (Å²) < 4.78 is 5.01. The van der Waals surface area contributed by atoms with Gasteiger partial charge in [-0.15, -0.1) is 0 Å². The lowest BCUT2D eigenvalue weighted by molar-refractivity contribution is -0.140. The van der Waals surface area contributed by atoms with Crippen molar-refractivity contribution in [2.24, 2.45) is 11.7 Å². The van der Waals surface area contributed by atoms with Gasteiger partial charge in [0.1, 0.15) is 0 Å². The summed E-state index contributed by atoms with van der Waals surface area (Å²) in [7, 11) is 1.63. The number of hydrogen-bond donors (Lipinski definition) is 1. The lowest BCUT2D eigenvalue weighted by atomic mass is 10.00. The average molecular weight is 214 g/mol. The molecule has 0 radical (unpaired) electrons. The van der Waals surface area contributed by atoms with Crippen LogP contribution in [0.3, 0.4) is 0 Å². The maximum absolute atomic E-state index is 12.0. The molecule has 0 aromatic rings. The third-order valence-corrected chi connectivity index (χ3v) is 3.02. The summed E-state index contributed by atoms with van der Waals surface area (Å²) >= 11 is 0. The van der Waals surface area contributed by atoms with E-state index < -0.39 is 0 Å². The molecule has 1 aliphatic rings. The van der Waals surface area contributed by atoms with Gasteiger partial charge in [-0.1, -0.05) is 6.92 Å². The highest BCUT2D eigenvalue weighted by atomic mass is 16.5. The molecule has 15 heavy (non-hydrogen) atoms. The van der Waals surface area contributed by atoms with Gasteiger partial charge >= 0.3 is 0 Å². The molecule has 4 nitrogen and oxygen atoms in total. The Morgan fingerprint density at radius 2 is 2.33 bits per heavy atom. The fraction of sp³-hybridized carbons (Fsp3) is 0.909. The van der Waals surface area contributed by atoms with Gasteiger partial charge < -0.3 is 15.4 Å². The van der Waals surface area contributed by atoms with E-state index in [-0.39, 0.29) is 17.9 Å². The first-order chi connectivity index (χ1) is 7.20. The first-order valence-electron chi connectivity index (χ1n) is 5.70. The SMILES string of the molecule is COCC(C)C(=O)N1CCCCC1CN. The predicted molar refractivity (Wildman–Crippen MR) is 59.4 cm³/mol. The molecular weight excluding hydrogens is 192 g/mol. The van der Waals surface area contributed by atoms with Crippen LogP contribution in [-0.2, 0) is 9.53 Å². The van der Waals surface area contributed by atoms with E-state index in [1.54, 1.807) is 7.11 Å². The van der Waals surface area contributed by atoms with Crippen molar-refractivity contribution >= 4 is 5.91 Å². The van der Waals surface area contributed by atoms with Crippen molar-refractivity contribution in [2.45, 2.75) is 32.2 Å². The van der Waals surface area contributed by atoms with Gasteiger partial charge in [0.25, 0.3) is 0 Å². The highest BCUT2D eigenvalue weighted by molar-refractivity contribution is 5.79. The molecule has 2 unspecified atom stereocenters. The predicted octanol–water partition coefficient (Wildman–Crippen LogP) is 0.609. The van der Waals surface area contributed by atoms with Gasteiger partial charge in [-0.05, 0) is 19.3 Å². The maximum atomic E-state index is 12.0. The Bertz CT molecular complexity index is 209. The summed E-state index contributed by atoms with van der Waals surface area (Å²) in [6.07, 6.45) is 3.33. The first-order valence-corrected chi connectivity index (χ1v) is 5.70. The van der Waals surface area contributed by atoms with Crippen molar-refractivity contribution in [3.63, 3.8) is 0 Å². The fourth-order valence-corrected chi connectivity index (χ4v) is 2.14. The van der Waals surface area contributed by atoms with E-state index in [1.165, 1.54) is 6.42 Å². The van der Waals surface area contributed by atoms with E-state index in [4.69, 9.17) is 10.5 Å². The number of nitrogens with two attached hydrogens (primary N) is 1. The molecule has 88 valence electrons.